The Morgan fingerprint density at radius 3 is 1.76 bits per heavy atom. The van der Waals surface area contributed by atoms with Crippen LogP contribution in [0.15, 0.2) is 132 Å². The van der Waals surface area contributed by atoms with E-state index in [0.717, 1.165) is 33.6 Å². The fourth-order valence-corrected chi connectivity index (χ4v) is 5.74. The Bertz CT molecular complexity index is 2060. The molecule has 174 valence electrons. The van der Waals surface area contributed by atoms with Gasteiger partial charge in [0.05, 0.1) is 16.7 Å². The number of fused-ring (bicyclic) bond motifs is 8. The number of nitrogens with zero attached hydrogens (tertiary/aromatic N) is 1. The molecule has 3 nitrogen and oxygen atoms in total. The van der Waals surface area contributed by atoms with E-state index in [4.69, 9.17) is 4.42 Å². The van der Waals surface area contributed by atoms with Crippen LogP contribution in [0, 0.1) is 0 Å². The quantitative estimate of drug-likeness (QED) is 0.276. The molecule has 6 aromatic carbocycles. The third kappa shape index (κ3) is 3.01. The average Bonchev–Trinajstić information content (AvgIpc) is 3.49. The number of para-hydroxylation sites is 3. The molecule has 0 unspecified atom stereocenters. The molecular formula is C34H22N2O. The first-order valence-corrected chi connectivity index (χ1v) is 12.5. The zero-order valence-electron chi connectivity index (χ0n) is 20.0. The smallest absolute Gasteiger partial charge is 0.138 e. The molecule has 2 heterocycles. The summed E-state index contributed by atoms with van der Waals surface area (Å²) in [6.07, 6.45) is 0. The molecule has 0 spiro atoms. The second kappa shape index (κ2) is 7.74. The summed E-state index contributed by atoms with van der Waals surface area (Å²) in [5.74, 6) is 0. The highest BCUT2D eigenvalue weighted by molar-refractivity contribution is 6.22. The van der Waals surface area contributed by atoms with E-state index in [1.165, 1.54) is 38.0 Å². The van der Waals surface area contributed by atoms with Crippen LogP contribution >= 0.6 is 0 Å². The molecule has 3 heteroatoms. The molecule has 1 N–H and O–H groups in total. The van der Waals surface area contributed by atoms with Gasteiger partial charge < -0.3 is 14.3 Å². The number of benzene rings is 6. The maximum Gasteiger partial charge on any atom is 0.138 e. The molecule has 0 aliphatic rings. The van der Waals surface area contributed by atoms with Crippen molar-refractivity contribution in [1.82, 2.24) is 4.57 Å². The zero-order chi connectivity index (χ0) is 24.3. The topological polar surface area (TPSA) is 30.1 Å². The van der Waals surface area contributed by atoms with Crippen molar-refractivity contribution in [2.75, 3.05) is 5.32 Å². The van der Waals surface area contributed by atoms with Gasteiger partial charge in [-0.25, -0.2) is 0 Å². The van der Waals surface area contributed by atoms with Crippen LogP contribution in [0.5, 0.6) is 0 Å². The van der Waals surface area contributed by atoms with Crippen LogP contribution in [0.4, 0.5) is 11.4 Å². The number of furan rings is 1. The maximum atomic E-state index is 6.25. The van der Waals surface area contributed by atoms with Crippen LogP contribution in [0.1, 0.15) is 0 Å². The van der Waals surface area contributed by atoms with E-state index in [2.05, 4.69) is 125 Å². The number of hydrogen-bond donors (Lipinski definition) is 1. The highest BCUT2D eigenvalue weighted by Crippen LogP contribution is 2.39. The minimum Gasteiger partial charge on any atom is -0.456 e. The fraction of sp³-hybridized carbons (Fsp3) is 0. The largest absolute Gasteiger partial charge is 0.456 e. The highest BCUT2D eigenvalue weighted by Gasteiger charge is 2.14. The Morgan fingerprint density at radius 1 is 0.486 bits per heavy atom. The van der Waals surface area contributed by atoms with Gasteiger partial charge in [-0.15, -0.1) is 0 Å². The third-order valence-corrected chi connectivity index (χ3v) is 7.37. The van der Waals surface area contributed by atoms with E-state index in [1.807, 2.05) is 12.1 Å². The molecule has 0 bridgehead atoms. The lowest BCUT2D eigenvalue weighted by Crippen LogP contribution is -1.95. The highest BCUT2D eigenvalue weighted by atomic mass is 16.3. The molecule has 0 saturated heterocycles. The summed E-state index contributed by atoms with van der Waals surface area (Å²) in [4.78, 5) is 0. The Morgan fingerprint density at radius 2 is 1.05 bits per heavy atom. The Balaban J connectivity index is 1.25. The molecule has 8 rings (SSSR count). The van der Waals surface area contributed by atoms with Crippen molar-refractivity contribution < 1.29 is 4.42 Å². The van der Waals surface area contributed by atoms with Crippen molar-refractivity contribution >= 4 is 65.9 Å². The van der Waals surface area contributed by atoms with Crippen molar-refractivity contribution in [3.05, 3.63) is 127 Å². The summed E-state index contributed by atoms with van der Waals surface area (Å²) < 4.78 is 8.58. The second-order valence-electron chi connectivity index (χ2n) is 9.48. The number of rotatable bonds is 3. The van der Waals surface area contributed by atoms with E-state index in [9.17, 15) is 0 Å². The third-order valence-electron chi connectivity index (χ3n) is 7.37. The van der Waals surface area contributed by atoms with Gasteiger partial charge in [0.2, 0.25) is 0 Å². The summed E-state index contributed by atoms with van der Waals surface area (Å²) in [5, 5.41) is 10.9. The predicted molar refractivity (Wildman–Crippen MR) is 155 cm³/mol. The van der Waals surface area contributed by atoms with Gasteiger partial charge in [-0.1, -0.05) is 78.9 Å². The van der Waals surface area contributed by atoms with E-state index in [-0.39, 0.29) is 0 Å². The maximum absolute atomic E-state index is 6.25. The van der Waals surface area contributed by atoms with Crippen LogP contribution in [0.25, 0.3) is 60.2 Å². The molecule has 0 fully saturated rings. The number of aromatic nitrogens is 1. The van der Waals surface area contributed by atoms with Gasteiger partial charge in [0.1, 0.15) is 11.2 Å². The van der Waals surface area contributed by atoms with Gasteiger partial charge in [0, 0.05) is 44.4 Å². The van der Waals surface area contributed by atoms with Crippen LogP contribution in [0.3, 0.4) is 0 Å². The monoisotopic (exact) mass is 474 g/mol. The van der Waals surface area contributed by atoms with Crippen LogP contribution in [0.2, 0.25) is 0 Å². The first-order chi connectivity index (χ1) is 18.3. The summed E-state index contributed by atoms with van der Waals surface area (Å²) in [7, 11) is 0. The first-order valence-electron chi connectivity index (χ1n) is 12.5. The van der Waals surface area contributed by atoms with Gasteiger partial charge >= 0.3 is 0 Å². The Hall–Kier alpha value is -5.02. The average molecular weight is 475 g/mol. The molecule has 2 aromatic heterocycles. The van der Waals surface area contributed by atoms with Crippen molar-refractivity contribution in [2.45, 2.75) is 0 Å². The molecule has 0 saturated carbocycles. The summed E-state index contributed by atoms with van der Waals surface area (Å²) >= 11 is 0. The van der Waals surface area contributed by atoms with Crippen molar-refractivity contribution in [1.29, 1.82) is 0 Å². The van der Waals surface area contributed by atoms with Gasteiger partial charge in [0.15, 0.2) is 0 Å². The lowest BCUT2D eigenvalue weighted by atomic mass is 10.0. The van der Waals surface area contributed by atoms with Crippen molar-refractivity contribution in [3.63, 3.8) is 0 Å². The minimum absolute atomic E-state index is 0.893. The second-order valence-corrected chi connectivity index (χ2v) is 9.48. The molecule has 37 heavy (non-hydrogen) atoms. The van der Waals surface area contributed by atoms with E-state index >= 15 is 0 Å². The number of anilines is 2. The standard InChI is InChI=1S/C34H22N2O/c1-2-12-27-24(9-1)29(21-33-34(27)28-13-5-8-16-32(28)37-33)35-22-17-19-23(20-18-22)36-30-14-6-3-10-25(30)26-11-4-7-15-31(26)36/h1-21,35H. The normalized spacial score (nSPS) is 11.8. The van der Waals surface area contributed by atoms with Gasteiger partial charge in [0.25, 0.3) is 0 Å². The molecule has 0 atom stereocenters. The zero-order valence-corrected chi connectivity index (χ0v) is 20.0. The van der Waals surface area contributed by atoms with Gasteiger partial charge in [-0.05, 0) is 47.9 Å². The Labute approximate surface area is 213 Å². The van der Waals surface area contributed by atoms with Crippen molar-refractivity contribution in [2.24, 2.45) is 0 Å². The lowest BCUT2D eigenvalue weighted by molar-refractivity contribution is 0.669. The van der Waals surface area contributed by atoms with Gasteiger partial charge in [-0.3, -0.25) is 0 Å². The van der Waals surface area contributed by atoms with Gasteiger partial charge in [-0.2, -0.15) is 0 Å². The molecular weight excluding hydrogens is 452 g/mol. The van der Waals surface area contributed by atoms with Crippen LogP contribution < -0.4 is 5.32 Å². The fourth-order valence-electron chi connectivity index (χ4n) is 5.74. The minimum atomic E-state index is 0.893. The van der Waals surface area contributed by atoms with Crippen LogP contribution in [-0.4, -0.2) is 4.57 Å². The number of hydrogen-bond acceptors (Lipinski definition) is 2. The molecule has 0 radical (unpaired) electrons. The van der Waals surface area contributed by atoms with Crippen LogP contribution in [-0.2, 0) is 0 Å². The number of nitrogens with one attached hydrogen (secondary N) is 1. The summed E-state index contributed by atoms with van der Waals surface area (Å²) in [5.41, 5.74) is 7.44. The molecule has 8 aromatic rings. The summed E-state index contributed by atoms with van der Waals surface area (Å²) in [6.45, 7) is 0. The summed E-state index contributed by atoms with van der Waals surface area (Å²) in [6, 6.07) is 44.8. The molecule has 0 aliphatic carbocycles. The van der Waals surface area contributed by atoms with E-state index in [0.29, 0.717) is 0 Å². The molecule has 0 aliphatic heterocycles. The van der Waals surface area contributed by atoms with Crippen molar-refractivity contribution in [3.8, 4) is 5.69 Å². The molecule has 0 amide bonds. The first kappa shape index (κ1) is 20.2. The lowest BCUT2D eigenvalue weighted by Gasteiger charge is -2.13. The van der Waals surface area contributed by atoms with E-state index in [1.54, 1.807) is 0 Å². The SMILES string of the molecule is c1ccc2c(c1)oc1cc(Nc3ccc(-n4c5ccccc5c5ccccc54)cc3)c3ccccc3c12. The van der Waals surface area contributed by atoms with E-state index < -0.39 is 0 Å². The predicted octanol–water partition coefficient (Wildman–Crippen LogP) is 9.58. The Kier molecular flexibility index (Phi) is 4.23.